The molecule has 0 radical (unpaired) electrons. The zero-order chi connectivity index (χ0) is 22.8. The zero-order valence-electron chi connectivity index (χ0n) is 18.0. The summed E-state index contributed by atoms with van der Waals surface area (Å²) in [4.78, 5) is 11.4. The molecule has 10 nitrogen and oxygen atoms in total. The summed E-state index contributed by atoms with van der Waals surface area (Å²) in [6, 6.07) is 15.1. The summed E-state index contributed by atoms with van der Waals surface area (Å²) < 4.78 is 32.7. The van der Waals surface area contributed by atoms with Crippen LogP contribution in [0.3, 0.4) is 0 Å². The number of rotatable bonds is 6. The van der Waals surface area contributed by atoms with Gasteiger partial charge in [0.1, 0.15) is 5.69 Å². The Hall–Kier alpha value is -3.70. The Morgan fingerprint density at radius 3 is 2.58 bits per heavy atom. The minimum Gasteiger partial charge on any atom is -0.378 e. The summed E-state index contributed by atoms with van der Waals surface area (Å²) in [6.07, 6.45) is 4.47. The van der Waals surface area contributed by atoms with Gasteiger partial charge in [0, 0.05) is 48.1 Å². The third kappa shape index (κ3) is 4.89. The Labute approximate surface area is 191 Å². The molecule has 3 heterocycles. The highest BCUT2D eigenvalue weighted by atomic mass is 32.2. The zero-order valence-corrected chi connectivity index (χ0v) is 18.8. The van der Waals surface area contributed by atoms with E-state index in [1.807, 2.05) is 18.2 Å². The number of morpholine rings is 1. The molecule has 5 rings (SSSR count). The minimum atomic E-state index is -3.38. The van der Waals surface area contributed by atoms with E-state index >= 15 is 0 Å². The molecule has 0 aliphatic carbocycles. The Morgan fingerprint density at radius 1 is 1.03 bits per heavy atom. The van der Waals surface area contributed by atoms with Crippen molar-refractivity contribution >= 4 is 38.7 Å². The highest BCUT2D eigenvalue weighted by molar-refractivity contribution is 7.92. The molecule has 0 atom stereocenters. The fourth-order valence-corrected chi connectivity index (χ4v) is 4.28. The Morgan fingerprint density at radius 2 is 1.82 bits per heavy atom. The van der Waals surface area contributed by atoms with Crippen molar-refractivity contribution in [1.29, 1.82) is 0 Å². The van der Waals surface area contributed by atoms with Crippen molar-refractivity contribution in [3.8, 4) is 11.3 Å². The molecule has 0 bridgehead atoms. The van der Waals surface area contributed by atoms with Crippen LogP contribution in [0.15, 0.2) is 60.9 Å². The predicted molar refractivity (Wildman–Crippen MR) is 127 cm³/mol. The van der Waals surface area contributed by atoms with Crippen LogP contribution in [0, 0.1) is 0 Å². The molecule has 2 N–H and O–H groups in total. The summed E-state index contributed by atoms with van der Waals surface area (Å²) in [7, 11) is -3.38. The van der Waals surface area contributed by atoms with Gasteiger partial charge in [0.25, 0.3) is 0 Å². The Bertz CT molecular complexity index is 1380. The molecule has 33 heavy (non-hydrogen) atoms. The van der Waals surface area contributed by atoms with Crippen molar-refractivity contribution in [3.05, 3.63) is 60.9 Å². The quantitative estimate of drug-likeness (QED) is 0.447. The van der Waals surface area contributed by atoms with E-state index in [2.05, 4.69) is 42.1 Å². The van der Waals surface area contributed by atoms with Crippen LogP contribution < -0.4 is 14.9 Å². The van der Waals surface area contributed by atoms with E-state index in [4.69, 9.17) is 4.74 Å². The molecule has 1 aliphatic rings. The van der Waals surface area contributed by atoms with Crippen molar-refractivity contribution in [2.75, 3.05) is 47.5 Å². The number of nitrogens with zero attached hydrogens (tertiary/aromatic N) is 5. The molecular weight excluding hydrogens is 442 g/mol. The van der Waals surface area contributed by atoms with Crippen molar-refractivity contribution in [2.24, 2.45) is 0 Å². The van der Waals surface area contributed by atoms with Crippen LogP contribution >= 0.6 is 0 Å². The van der Waals surface area contributed by atoms with Crippen LogP contribution in [-0.2, 0) is 14.8 Å². The van der Waals surface area contributed by atoms with Gasteiger partial charge in [-0.1, -0.05) is 12.1 Å². The van der Waals surface area contributed by atoms with Gasteiger partial charge in [-0.15, -0.1) is 5.10 Å². The topological polar surface area (TPSA) is 114 Å². The molecule has 1 aliphatic heterocycles. The summed E-state index contributed by atoms with van der Waals surface area (Å²) in [5, 5.41) is 7.74. The number of ether oxygens (including phenoxy) is 1. The van der Waals surface area contributed by atoms with Crippen molar-refractivity contribution < 1.29 is 13.2 Å². The molecule has 11 heteroatoms. The average molecular weight is 466 g/mol. The van der Waals surface area contributed by atoms with E-state index in [0.29, 0.717) is 23.0 Å². The van der Waals surface area contributed by atoms with Crippen LogP contribution in [0.5, 0.6) is 0 Å². The van der Waals surface area contributed by atoms with Crippen molar-refractivity contribution in [2.45, 2.75) is 0 Å². The van der Waals surface area contributed by atoms with Gasteiger partial charge in [-0.05, 0) is 36.4 Å². The molecule has 0 spiro atoms. The molecule has 0 unspecified atom stereocenters. The number of hydrogen-bond donors (Lipinski definition) is 2. The normalized spacial score (nSPS) is 14.4. The lowest BCUT2D eigenvalue weighted by molar-refractivity contribution is 0.122. The number of anilines is 4. The number of aromatic nitrogens is 4. The van der Waals surface area contributed by atoms with Crippen LogP contribution in [0.25, 0.3) is 16.9 Å². The van der Waals surface area contributed by atoms with Crippen LogP contribution in [0.4, 0.5) is 23.0 Å². The average Bonchev–Trinajstić information content (AvgIpc) is 3.22. The largest absolute Gasteiger partial charge is 0.378 e. The standard InChI is InChI=1S/C22H23N7O3S/c1-33(30,31)27-18-4-2-3-16(15-18)20-21-25-22(26-29(21)10-9-23-20)24-17-5-7-19(8-6-17)28-11-13-32-14-12-28/h2-10,15,27H,11-14H2,1H3,(H,24,26). The molecule has 170 valence electrons. The fraction of sp³-hybridized carbons (Fsp3) is 0.227. The lowest BCUT2D eigenvalue weighted by atomic mass is 10.1. The van der Waals surface area contributed by atoms with Gasteiger partial charge < -0.3 is 15.0 Å². The van der Waals surface area contributed by atoms with Gasteiger partial charge in [0.05, 0.1) is 19.5 Å². The second-order valence-corrected chi connectivity index (χ2v) is 9.45. The number of hydrogen-bond acceptors (Lipinski definition) is 8. The molecule has 2 aromatic heterocycles. The molecule has 2 aromatic carbocycles. The minimum absolute atomic E-state index is 0.439. The summed E-state index contributed by atoms with van der Waals surface area (Å²) >= 11 is 0. The first-order valence-corrected chi connectivity index (χ1v) is 12.3. The monoisotopic (exact) mass is 465 g/mol. The lowest BCUT2D eigenvalue weighted by Crippen LogP contribution is -2.36. The Kier molecular flexibility index (Phi) is 5.56. The molecular formula is C22H23N7O3S. The first kappa shape index (κ1) is 21.2. The molecule has 0 amide bonds. The highest BCUT2D eigenvalue weighted by Gasteiger charge is 2.14. The maximum absolute atomic E-state index is 11.6. The van der Waals surface area contributed by atoms with Gasteiger partial charge >= 0.3 is 0 Å². The van der Waals surface area contributed by atoms with E-state index < -0.39 is 10.0 Å². The second kappa shape index (κ2) is 8.68. The third-order valence-corrected chi connectivity index (χ3v) is 5.80. The number of fused-ring (bicyclic) bond motifs is 1. The first-order valence-electron chi connectivity index (χ1n) is 10.4. The lowest BCUT2D eigenvalue weighted by Gasteiger charge is -2.28. The summed E-state index contributed by atoms with van der Waals surface area (Å²) in [5.41, 5.74) is 4.36. The summed E-state index contributed by atoms with van der Waals surface area (Å²) in [6.45, 7) is 3.26. The second-order valence-electron chi connectivity index (χ2n) is 7.71. The van der Waals surface area contributed by atoms with Crippen LogP contribution in [-0.4, -0.2) is 60.6 Å². The highest BCUT2D eigenvalue weighted by Crippen LogP contribution is 2.26. The smallest absolute Gasteiger partial charge is 0.247 e. The molecule has 1 saturated heterocycles. The van der Waals surface area contributed by atoms with Gasteiger partial charge in [-0.25, -0.2) is 12.9 Å². The van der Waals surface area contributed by atoms with E-state index in [1.54, 1.807) is 35.1 Å². The maximum Gasteiger partial charge on any atom is 0.247 e. The SMILES string of the molecule is CS(=O)(=O)Nc1cccc(-c2nccn3nc(Nc4ccc(N5CCOCC5)cc4)nc23)c1. The fourth-order valence-electron chi connectivity index (χ4n) is 3.72. The van der Waals surface area contributed by atoms with E-state index in [9.17, 15) is 8.42 Å². The van der Waals surface area contributed by atoms with Crippen LogP contribution in [0.2, 0.25) is 0 Å². The number of sulfonamides is 1. The van der Waals surface area contributed by atoms with E-state index in [0.717, 1.165) is 49.5 Å². The number of benzene rings is 2. The molecule has 4 aromatic rings. The van der Waals surface area contributed by atoms with Gasteiger partial charge in [0.15, 0.2) is 5.65 Å². The first-order chi connectivity index (χ1) is 15.9. The third-order valence-electron chi connectivity index (χ3n) is 5.19. The van der Waals surface area contributed by atoms with E-state index in [1.165, 1.54) is 0 Å². The van der Waals surface area contributed by atoms with Crippen molar-refractivity contribution in [1.82, 2.24) is 19.6 Å². The Balaban J connectivity index is 1.40. The maximum atomic E-state index is 11.6. The van der Waals surface area contributed by atoms with Gasteiger partial charge in [-0.2, -0.15) is 4.98 Å². The molecule has 1 fully saturated rings. The van der Waals surface area contributed by atoms with Crippen LogP contribution in [0.1, 0.15) is 0 Å². The van der Waals surface area contributed by atoms with Gasteiger partial charge in [0.2, 0.25) is 16.0 Å². The number of nitrogens with one attached hydrogen (secondary N) is 2. The summed E-state index contributed by atoms with van der Waals surface area (Å²) in [5.74, 6) is 0.439. The molecule has 0 saturated carbocycles. The predicted octanol–water partition coefficient (Wildman–Crippen LogP) is 2.74. The van der Waals surface area contributed by atoms with E-state index in [-0.39, 0.29) is 0 Å². The van der Waals surface area contributed by atoms with Crippen molar-refractivity contribution in [3.63, 3.8) is 0 Å². The van der Waals surface area contributed by atoms with Gasteiger partial charge in [-0.3, -0.25) is 9.71 Å².